The summed E-state index contributed by atoms with van der Waals surface area (Å²) in [6.45, 7) is 8.69. The summed E-state index contributed by atoms with van der Waals surface area (Å²) in [6.07, 6.45) is 1.73. The molecule has 1 aliphatic rings. The van der Waals surface area contributed by atoms with Crippen molar-refractivity contribution in [3.63, 3.8) is 0 Å². The molecule has 1 heterocycles. The molecule has 0 bridgehead atoms. The first-order valence-corrected chi connectivity index (χ1v) is 6.19. The van der Waals surface area contributed by atoms with E-state index in [4.69, 9.17) is 16.3 Å². The minimum Gasteiger partial charge on any atom is -0.400 e. The van der Waals surface area contributed by atoms with Crippen LogP contribution in [0.25, 0.3) is 0 Å². The van der Waals surface area contributed by atoms with Crippen molar-refractivity contribution in [2.75, 3.05) is 7.05 Å². The van der Waals surface area contributed by atoms with Crippen molar-refractivity contribution in [2.45, 2.75) is 51.6 Å². The van der Waals surface area contributed by atoms with Crippen LogP contribution < -0.4 is 5.73 Å². The molecule has 98 valence electrons. The number of nitrogens with zero attached hydrogens (tertiary/aromatic N) is 3. The van der Waals surface area contributed by atoms with Crippen LogP contribution in [0.1, 0.15) is 40.5 Å². The molecule has 4 heteroatoms. The van der Waals surface area contributed by atoms with Gasteiger partial charge >= 0.3 is 0 Å². The molecule has 1 rings (SSSR count). The topological polar surface area (TPSA) is 76.8 Å². The maximum Gasteiger partial charge on any atom is 0.148 e. The molecular formula is C14H22N4. The van der Waals surface area contributed by atoms with Crippen LogP contribution in [0.2, 0.25) is 0 Å². The van der Waals surface area contributed by atoms with Gasteiger partial charge in [-0.05, 0) is 47.6 Å². The molecule has 1 aliphatic heterocycles. The van der Waals surface area contributed by atoms with Crippen LogP contribution in [-0.4, -0.2) is 23.0 Å². The summed E-state index contributed by atoms with van der Waals surface area (Å²) < 4.78 is 0. The van der Waals surface area contributed by atoms with Gasteiger partial charge in [0.05, 0.1) is 0 Å². The lowest BCUT2D eigenvalue weighted by molar-refractivity contribution is -0.0221. The van der Waals surface area contributed by atoms with Crippen molar-refractivity contribution < 1.29 is 0 Å². The van der Waals surface area contributed by atoms with Crippen LogP contribution in [0.15, 0.2) is 11.3 Å². The van der Waals surface area contributed by atoms with Gasteiger partial charge in [-0.1, -0.05) is 0 Å². The van der Waals surface area contributed by atoms with Gasteiger partial charge in [0, 0.05) is 22.7 Å². The second-order valence-corrected chi connectivity index (χ2v) is 6.34. The van der Waals surface area contributed by atoms with Gasteiger partial charge < -0.3 is 5.73 Å². The van der Waals surface area contributed by atoms with Crippen LogP contribution in [0.4, 0.5) is 0 Å². The zero-order chi connectivity index (χ0) is 14.1. The van der Waals surface area contributed by atoms with Crippen LogP contribution in [0, 0.1) is 28.6 Å². The van der Waals surface area contributed by atoms with E-state index in [9.17, 15) is 0 Å². The van der Waals surface area contributed by atoms with Gasteiger partial charge in [-0.15, -0.1) is 0 Å². The molecule has 0 spiro atoms. The van der Waals surface area contributed by atoms with Gasteiger partial charge in [-0.3, -0.25) is 4.90 Å². The molecule has 0 radical (unpaired) electrons. The number of hydrogen-bond acceptors (Lipinski definition) is 4. The van der Waals surface area contributed by atoms with E-state index in [2.05, 4.69) is 39.6 Å². The first kappa shape index (κ1) is 14.5. The second kappa shape index (κ2) is 4.63. The van der Waals surface area contributed by atoms with E-state index < -0.39 is 0 Å². The summed E-state index contributed by atoms with van der Waals surface area (Å²) in [6, 6.07) is 3.79. The van der Waals surface area contributed by atoms with Crippen LogP contribution in [0.5, 0.6) is 0 Å². The van der Waals surface area contributed by atoms with Gasteiger partial charge in [-0.25, -0.2) is 0 Å². The highest BCUT2D eigenvalue weighted by molar-refractivity contribution is 5.40. The molecule has 0 amide bonds. The standard InChI is InChI=1S/C14H22N4/c1-13(2)6-10(7-14(3,4)18(13)5)12(17)11(8-15)9-16/h10H,6-7,17H2,1-5H3. The normalized spacial score (nSPS) is 22.8. The Hall–Kier alpha value is -1.52. The Morgan fingerprint density at radius 3 is 1.83 bits per heavy atom. The van der Waals surface area contributed by atoms with Gasteiger partial charge in [0.25, 0.3) is 0 Å². The van der Waals surface area contributed by atoms with Crippen molar-refractivity contribution in [1.82, 2.24) is 4.90 Å². The molecule has 2 N–H and O–H groups in total. The lowest BCUT2D eigenvalue weighted by Gasteiger charge is -2.53. The highest BCUT2D eigenvalue weighted by Crippen LogP contribution is 2.42. The van der Waals surface area contributed by atoms with E-state index in [1.54, 1.807) is 0 Å². The summed E-state index contributed by atoms with van der Waals surface area (Å²) in [7, 11) is 2.12. The molecule has 0 aromatic rings. The average Bonchev–Trinajstić information content (AvgIpc) is 2.26. The Balaban J connectivity index is 3.14. The summed E-state index contributed by atoms with van der Waals surface area (Å²) in [4.78, 5) is 2.35. The lowest BCUT2D eigenvalue weighted by Crippen LogP contribution is -2.59. The molecule has 0 unspecified atom stereocenters. The fraction of sp³-hybridized carbons (Fsp3) is 0.714. The van der Waals surface area contributed by atoms with Crippen molar-refractivity contribution in [1.29, 1.82) is 10.5 Å². The number of nitriles is 2. The molecule has 18 heavy (non-hydrogen) atoms. The quantitative estimate of drug-likeness (QED) is 0.719. The fourth-order valence-corrected chi connectivity index (χ4v) is 2.95. The first-order valence-electron chi connectivity index (χ1n) is 6.19. The Labute approximate surface area is 110 Å². The molecule has 0 saturated carbocycles. The number of nitrogens with two attached hydrogens (primary N) is 1. The molecule has 0 aromatic heterocycles. The van der Waals surface area contributed by atoms with Gasteiger partial charge in [0.15, 0.2) is 0 Å². The lowest BCUT2D eigenvalue weighted by atomic mass is 9.72. The van der Waals surface area contributed by atoms with E-state index >= 15 is 0 Å². The first-order chi connectivity index (χ1) is 8.15. The third-order valence-corrected chi connectivity index (χ3v) is 4.26. The Kier molecular flexibility index (Phi) is 3.74. The number of allylic oxidation sites excluding steroid dienone is 2. The van der Waals surface area contributed by atoms with Crippen molar-refractivity contribution in [3.05, 3.63) is 11.3 Å². The number of hydrogen-bond donors (Lipinski definition) is 1. The highest BCUT2D eigenvalue weighted by atomic mass is 15.2. The monoisotopic (exact) mass is 246 g/mol. The predicted octanol–water partition coefficient (Wildman–Crippen LogP) is 2.15. The third-order valence-electron chi connectivity index (χ3n) is 4.26. The van der Waals surface area contributed by atoms with Crippen molar-refractivity contribution >= 4 is 0 Å². The second-order valence-electron chi connectivity index (χ2n) is 6.34. The average molecular weight is 246 g/mol. The van der Waals surface area contributed by atoms with E-state index in [0.29, 0.717) is 5.70 Å². The van der Waals surface area contributed by atoms with E-state index in [1.165, 1.54) is 0 Å². The fourth-order valence-electron chi connectivity index (χ4n) is 2.95. The van der Waals surface area contributed by atoms with Crippen LogP contribution in [0.3, 0.4) is 0 Å². The van der Waals surface area contributed by atoms with E-state index in [0.717, 1.165) is 12.8 Å². The number of rotatable bonds is 1. The third kappa shape index (κ3) is 2.49. The zero-order valence-corrected chi connectivity index (χ0v) is 11.9. The minimum absolute atomic E-state index is 0.00700. The zero-order valence-electron chi connectivity index (χ0n) is 11.9. The van der Waals surface area contributed by atoms with Crippen molar-refractivity contribution in [3.8, 4) is 12.1 Å². The Morgan fingerprint density at radius 2 is 1.50 bits per heavy atom. The van der Waals surface area contributed by atoms with Crippen LogP contribution in [-0.2, 0) is 0 Å². The molecule has 0 aromatic carbocycles. The highest BCUT2D eigenvalue weighted by Gasteiger charge is 2.44. The summed E-state index contributed by atoms with van der Waals surface area (Å²) in [5, 5.41) is 17.8. The Morgan fingerprint density at radius 1 is 1.11 bits per heavy atom. The van der Waals surface area contributed by atoms with Gasteiger partial charge in [-0.2, -0.15) is 10.5 Å². The molecule has 1 saturated heterocycles. The SMILES string of the molecule is CN1C(C)(C)CC(C(N)=C(C#N)C#N)CC1(C)C. The molecular weight excluding hydrogens is 224 g/mol. The molecule has 1 fully saturated rings. The summed E-state index contributed by atoms with van der Waals surface area (Å²) in [5.74, 6) is 0.0977. The van der Waals surface area contributed by atoms with Gasteiger partial charge in [0.2, 0.25) is 0 Å². The smallest absolute Gasteiger partial charge is 0.148 e. The largest absolute Gasteiger partial charge is 0.400 e. The maximum absolute atomic E-state index is 8.92. The summed E-state index contributed by atoms with van der Waals surface area (Å²) in [5.41, 5.74) is 6.55. The van der Waals surface area contributed by atoms with Crippen LogP contribution >= 0.6 is 0 Å². The maximum atomic E-state index is 8.92. The van der Waals surface area contributed by atoms with E-state index in [-0.39, 0.29) is 22.6 Å². The summed E-state index contributed by atoms with van der Waals surface area (Å²) >= 11 is 0. The predicted molar refractivity (Wildman–Crippen MR) is 71.1 cm³/mol. The minimum atomic E-state index is 0.00700. The number of piperidine rings is 1. The van der Waals surface area contributed by atoms with Gasteiger partial charge in [0.1, 0.15) is 17.7 Å². The molecule has 0 aliphatic carbocycles. The van der Waals surface area contributed by atoms with E-state index in [1.807, 2.05) is 12.1 Å². The molecule has 4 nitrogen and oxygen atoms in total. The Bertz CT molecular complexity index is 411. The molecule has 0 atom stereocenters. The van der Waals surface area contributed by atoms with Crippen molar-refractivity contribution in [2.24, 2.45) is 11.7 Å². The number of likely N-dealkylation sites (tertiary alicyclic amines) is 1.